The van der Waals surface area contributed by atoms with E-state index in [1.54, 1.807) is 36.4 Å². The lowest BCUT2D eigenvalue weighted by molar-refractivity contribution is -0.135. The van der Waals surface area contributed by atoms with Crippen molar-refractivity contribution < 1.29 is 19.1 Å². The predicted octanol–water partition coefficient (Wildman–Crippen LogP) is 2.62. The van der Waals surface area contributed by atoms with Crippen molar-refractivity contribution in [3.63, 3.8) is 0 Å². The summed E-state index contributed by atoms with van der Waals surface area (Å²) in [6.45, 7) is -0.0587. The molecule has 1 atom stereocenters. The highest BCUT2D eigenvalue weighted by molar-refractivity contribution is 9.10. The zero-order valence-corrected chi connectivity index (χ0v) is 15.8. The molecule has 8 heteroatoms. The zero-order valence-electron chi connectivity index (χ0n) is 14.2. The first kappa shape index (κ1) is 17.5. The van der Waals surface area contributed by atoms with Crippen LogP contribution in [0, 0.1) is 0 Å². The smallest absolute Gasteiger partial charge is 0.325 e. The zero-order chi connectivity index (χ0) is 19.0. The van der Waals surface area contributed by atoms with E-state index in [0.29, 0.717) is 34.5 Å². The second kappa shape index (κ2) is 6.70. The van der Waals surface area contributed by atoms with E-state index in [9.17, 15) is 14.4 Å². The van der Waals surface area contributed by atoms with Crippen molar-refractivity contribution in [2.45, 2.75) is 12.0 Å². The summed E-state index contributed by atoms with van der Waals surface area (Å²) in [5.41, 5.74) is 0.00324. The van der Waals surface area contributed by atoms with Crippen LogP contribution in [-0.4, -0.2) is 35.9 Å². The molecule has 2 aromatic rings. The van der Waals surface area contributed by atoms with Crippen molar-refractivity contribution in [3.8, 4) is 5.75 Å². The van der Waals surface area contributed by atoms with E-state index in [4.69, 9.17) is 4.74 Å². The number of fused-ring (bicyclic) bond motifs is 2. The van der Waals surface area contributed by atoms with E-state index in [-0.39, 0.29) is 6.54 Å². The number of rotatable bonds is 3. The Labute approximate surface area is 163 Å². The van der Waals surface area contributed by atoms with Crippen molar-refractivity contribution in [1.82, 2.24) is 10.2 Å². The Kier molecular flexibility index (Phi) is 4.35. The largest absolute Gasteiger partial charge is 0.493 e. The minimum absolute atomic E-state index is 0.306. The summed E-state index contributed by atoms with van der Waals surface area (Å²) in [6.07, 6.45) is 0.316. The van der Waals surface area contributed by atoms with Gasteiger partial charge in [0.25, 0.3) is 5.91 Å². The average Bonchev–Trinajstić information content (AvgIpc) is 2.89. The van der Waals surface area contributed by atoms with Gasteiger partial charge in [-0.3, -0.25) is 14.5 Å². The molecule has 1 unspecified atom stereocenters. The molecule has 0 aliphatic carbocycles. The third kappa shape index (κ3) is 2.95. The summed E-state index contributed by atoms with van der Waals surface area (Å²) in [5, 5.41) is 5.48. The second-order valence-corrected chi connectivity index (χ2v) is 7.20. The van der Waals surface area contributed by atoms with E-state index in [1.165, 1.54) is 0 Å². The van der Waals surface area contributed by atoms with Crippen molar-refractivity contribution in [1.29, 1.82) is 0 Å². The van der Waals surface area contributed by atoms with Gasteiger partial charge in [0.1, 0.15) is 12.3 Å². The van der Waals surface area contributed by atoms with Gasteiger partial charge in [0.05, 0.1) is 12.3 Å². The molecule has 1 fully saturated rings. The topological polar surface area (TPSA) is 87.7 Å². The van der Waals surface area contributed by atoms with Crippen molar-refractivity contribution >= 4 is 39.5 Å². The minimum atomic E-state index is -1.18. The lowest BCUT2D eigenvalue weighted by Gasteiger charge is -2.33. The molecule has 0 saturated carbocycles. The van der Waals surface area contributed by atoms with Crippen LogP contribution in [-0.2, 0) is 15.1 Å². The molecule has 27 heavy (non-hydrogen) atoms. The fraction of sp³-hybridized carbons (Fsp3) is 0.211. The lowest BCUT2D eigenvalue weighted by atomic mass is 9.84. The highest BCUT2D eigenvalue weighted by Gasteiger charge is 2.55. The summed E-state index contributed by atoms with van der Waals surface area (Å²) in [5.74, 6) is -0.328. The monoisotopic (exact) mass is 429 g/mol. The normalized spacial score (nSPS) is 20.9. The number of nitrogens with one attached hydrogen (secondary N) is 2. The third-order valence-corrected chi connectivity index (χ3v) is 5.40. The van der Waals surface area contributed by atoms with Gasteiger partial charge in [-0.1, -0.05) is 30.3 Å². The van der Waals surface area contributed by atoms with Gasteiger partial charge in [-0.2, -0.15) is 0 Å². The van der Waals surface area contributed by atoms with E-state index >= 15 is 0 Å². The Balaban J connectivity index is 1.56. The molecule has 1 saturated heterocycles. The summed E-state index contributed by atoms with van der Waals surface area (Å²) >= 11 is 3.35. The van der Waals surface area contributed by atoms with Crippen LogP contribution in [0.25, 0.3) is 0 Å². The molecule has 2 aliphatic rings. The third-order valence-electron chi connectivity index (χ3n) is 4.71. The van der Waals surface area contributed by atoms with Crippen LogP contribution in [0.2, 0.25) is 0 Å². The van der Waals surface area contributed by atoms with Crippen LogP contribution in [0.1, 0.15) is 12.0 Å². The first-order valence-electron chi connectivity index (χ1n) is 8.42. The molecule has 0 aromatic heterocycles. The van der Waals surface area contributed by atoms with Crippen molar-refractivity contribution in [2.24, 2.45) is 0 Å². The number of hydrogen-bond acceptors (Lipinski definition) is 4. The van der Waals surface area contributed by atoms with E-state index < -0.39 is 23.4 Å². The number of benzene rings is 2. The summed E-state index contributed by atoms with van der Waals surface area (Å²) in [6, 6.07) is 13.7. The van der Waals surface area contributed by atoms with Crippen molar-refractivity contribution in [3.05, 3.63) is 58.6 Å². The van der Waals surface area contributed by atoms with E-state index in [1.807, 2.05) is 12.1 Å². The number of imide groups is 1. The van der Waals surface area contributed by atoms with Crippen LogP contribution >= 0.6 is 15.9 Å². The van der Waals surface area contributed by atoms with Gasteiger partial charge < -0.3 is 15.4 Å². The summed E-state index contributed by atoms with van der Waals surface area (Å²) < 4.78 is 6.31. The molecule has 7 nitrogen and oxygen atoms in total. The number of carbonyl (C=O) groups excluding carboxylic acids is 3. The first-order valence-corrected chi connectivity index (χ1v) is 9.21. The quantitative estimate of drug-likeness (QED) is 0.734. The molecule has 2 aliphatic heterocycles. The number of hydrogen-bond donors (Lipinski definition) is 2. The Hall–Kier alpha value is -2.87. The molecule has 0 radical (unpaired) electrons. The van der Waals surface area contributed by atoms with Crippen LogP contribution in [0.5, 0.6) is 5.75 Å². The van der Waals surface area contributed by atoms with Crippen molar-refractivity contribution in [2.75, 3.05) is 18.5 Å². The molecule has 2 N–H and O–H groups in total. The highest BCUT2D eigenvalue weighted by atomic mass is 79.9. The van der Waals surface area contributed by atoms with Gasteiger partial charge in [-0.15, -0.1) is 0 Å². The summed E-state index contributed by atoms with van der Waals surface area (Å²) in [4.78, 5) is 38.9. The number of halogens is 1. The Bertz CT molecular complexity index is 948. The van der Waals surface area contributed by atoms with Crippen LogP contribution < -0.4 is 15.4 Å². The number of nitrogens with zero attached hydrogens (tertiary/aromatic N) is 1. The van der Waals surface area contributed by atoms with Crippen LogP contribution in [0.15, 0.2) is 53.0 Å². The predicted molar refractivity (Wildman–Crippen MR) is 101 cm³/mol. The van der Waals surface area contributed by atoms with E-state index in [0.717, 1.165) is 4.90 Å². The molecule has 138 valence electrons. The molecule has 2 aromatic carbocycles. The maximum Gasteiger partial charge on any atom is 0.325 e. The molecule has 1 spiro atoms. The lowest BCUT2D eigenvalue weighted by Crippen LogP contribution is -2.48. The van der Waals surface area contributed by atoms with Crippen LogP contribution in [0.3, 0.4) is 0 Å². The highest BCUT2D eigenvalue weighted by Crippen LogP contribution is 2.40. The minimum Gasteiger partial charge on any atom is -0.493 e. The van der Waals surface area contributed by atoms with Crippen LogP contribution in [0.4, 0.5) is 10.5 Å². The van der Waals surface area contributed by atoms with Gasteiger partial charge >= 0.3 is 6.03 Å². The SMILES string of the molecule is O=C(CN1C(=O)NC2(CCOc3ccccc32)C1=O)Nc1ccccc1Br. The molecule has 2 heterocycles. The number of anilines is 1. The summed E-state index contributed by atoms with van der Waals surface area (Å²) in [7, 11) is 0. The Morgan fingerprint density at radius 3 is 2.74 bits per heavy atom. The fourth-order valence-corrected chi connectivity index (χ4v) is 3.80. The Morgan fingerprint density at radius 2 is 1.93 bits per heavy atom. The maximum absolute atomic E-state index is 13.1. The van der Waals surface area contributed by atoms with Gasteiger partial charge in [0.2, 0.25) is 5.91 Å². The average molecular weight is 430 g/mol. The molecular formula is C19H16BrN3O4. The second-order valence-electron chi connectivity index (χ2n) is 6.35. The number of para-hydroxylation sites is 2. The number of amides is 4. The standard InChI is InChI=1S/C19H16BrN3O4/c20-13-6-2-3-7-14(13)21-16(24)11-23-17(25)19(22-18(23)26)9-10-27-15-8-4-1-5-12(15)19/h1-8H,9-11H2,(H,21,24)(H,22,26). The van der Waals surface area contributed by atoms with Gasteiger partial charge in [-0.25, -0.2) is 4.79 Å². The number of urea groups is 1. The molecule has 0 bridgehead atoms. The first-order chi connectivity index (χ1) is 13.0. The number of ether oxygens (including phenoxy) is 1. The molecule has 4 rings (SSSR count). The van der Waals surface area contributed by atoms with Gasteiger partial charge in [-0.05, 0) is 34.1 Å². The van der Waals surface area contributed by atoms with E-state index in [2.05, 4.69) is 26.6 Å². The Morgan fingerprint density at radius 1 is 1.19 bits per heavy atom. The molecule has 4 amide bonds. The fourth-order valence-electron chi connectivity index (χ4n) is 3.41. The van der Waals surface area contributed by atoms with Gasteiger partial charge in [0, 0.05) is 16.5 Å². The number of carbonyl (C=O) groups is 3. The molecular weight excluding hydrogens is 414 g/mol. The van der Waals surface area contributed by atoms with Gasteiger partial charge in [0.15, 0.2) is 5.54 Å². The maximum atomic E-state index is 13.1.